The van der Waals surface area contributed by atoms with Gasteiger partial charge in [0.1, 0.15) is 5.82 Å². The number of halogens is 1. The number of hydrogen-bond acceptors (Lipinski definition) is 3. The number of rotatable bonds is 3. The summed E-state index contributed by atoms with van der Waals surface area (Å²) in [6, 6.07) is 1.19. The van der Waals surface area contributed by atoms with E-state index in [1.165, 1.54) is 12.3 Å². The van der Waals surface area contributed by atoms with Gasteiger partial charge < -0.3 is 4.90 Å². The summed E-state index contributed by atoms with van der Waals surface area (Å²) in [6.07, 6.45) is 3.58. The molecule has 1 N–H and O–H groups in total. The van der Waals surface area contributed by atoms with Gasteiger partial charge in [0.2, 0.25) is 5.91 Å². The first kappa shape index (κ1) is 12.0. The van der Waals surface area contributed by atoms with Crippen LogP contribution in [0.1, 0.15) is 24.9 Å². The zero-order chi connectivity index (χ0) is 12.4. The van der Waals surface area contributed by atoms with E-state index < -0.39 is 0 Å². The molecule has 1 aromatic heterocycles. The zero-order valence-corrected chi connectivity index (χ0v) is 9.98. The summed E-state index contributed by atoms with van der Waals surface area (Å²) in [5.41, 5.74) is 0.757. The van der Waals surface area contributed by atoms with E-state index in [1.54, 1.807) is 18.1 Å². The van der Waals surface area contributed by atoms with Crippen LogP contribution in [0.25, 0.3) is 0 Å². The third-order valence-electron chi connectivity index (χ3n) is 3.10. The Morgan fingerprint density at radius 2 is 2.35 bits per heavy atom. The summed E-state index contributed by atoms with van der Waals surface area (Å²) >= 11 is 0. The van der Waals surface area contributed by atoms with Crippen molar-refractivity contribution in [1.82, 2.24) is 15.2 Å². The van der Waals surface area contributed by atoms with E-state index in [0.717, 1.165) is 18.5 Å². The summed E-state index contributed by atoms with van der Waals surface area (Å²) in [5, 5.41) is 3.20. The minimum Gasteiger partial charge on any atom is -0.344 e. The summed E-state index contributed by atoms with van der Waals surface area (Å²) < 4.78 is 13.0. The minimum absolute atomic E-state index is 0.0846. The molecular weight excluding hydrogens is 221 g/mol. The number of nitrogens with one attached hydrogen (secondary N) is 1. The molecule has 92 valence electrons. The van der Waals surface area contributed by atoms with Gasteiger partial charge in [-0.1, -0.05) is 0 Å². The van der Waals surface area contributed by atoms with Crippen molar-refractivity contribution in [2.24, 2.45) is 0 Å². The normalized spacial score (nSPS) is 21.9. The second kappa shape index (κ2) is 4.79. The van der Waals surface area contributed by atoms with E-state index in [4.69, 9.17) is 0 Å². The van der Waals surface area contributed by atoms with Crippen molar-refractivity contribution in [3.05, 3.63) is 29.8 Å². The molecule has 0 radical (unpaired) electrons. The number of nitrogens with zero attached hydrogens (tertiary/aromatic N) is 2. The molecule has 1 aliphatic heterocycles. The maximum absolute atomic E-state index is 13.0. The van der Waals surface area contributed by atoms with Crippen LogP contribution in [0.3, 0.4) is 0 Å². The first-order valence-corrected chi connectivity index (χ1v) is 5.69. The molecule has 1 amide bonds. The van der Waals surface area contributed by atoms with Crippen molar-refractivity contribution in [2.45, 2.75) is 25.4 Å². The van der Waals surface area contributed by atoms with Crippen molar-refractivity contribution in [3.63, 3.8) is 0 Å². The number of likely N-dealkylation sites (tertiary alicyclic amines) is 1. The Labute approximate surface area is 99.8 Å². The average Bonchev–Trinajstić information content (AvgIpc) is 2.61. The lowest BCUT2D eigenvalue weighted by Crippen LogP contribution is -2.38. The Morgan fingerprint density at radius 1 is 1.59 bits per heavy atom. The number of aromatic nitrogens is 1. The summed E-state index contributed by atoms with van der Waals surface area (Å²) in [5.74, 6) is -0.257. The Balaban J connectivity index is 2.02. The minimum atomic E-state index is -0.356. The molecule has 2 rings (SSSR count). The van der Waals surface area contributed by atoms with E-state index in [-0.39, 0.29) is 23.8 Å². The van der Waals surface area contributed by atoms with Crippen molar-refractivity contribution < 1.29 is 9.18 Å². The number of amides is 1. The second-order valence-corrected chi connectivity index (χ2v) is 4.43. The van der Waals surface area contributed by atoms with E-state index in [9.17, 15) is 9.18 Å². The van der Waals surface area contributed by atoms with Crippen LogP contribution in [0.5, 0.6) is 0 Å². The fraction of sp³-hybridized carbons (Fsp3) is 0.500. The topological polar surface area (TPSA) is 45.2 Å². The third kappa shape index (κ3) is 2.61. The van der Waals surface area contributed by atoms with Gasteiger partial charge in [-0.15, -0.1) is 0 Å². The molecule has 1 aromatic rings. The van der Waals surface area contributed by atoms with Crippen LogP contribution < -0.4 is 5.32 Å². The van der Waals surface area contributed by atoms with Gasteiger partial charge in [0.15, 0.2) is 0 Å². The predicted molar refractivity (Wildman–Crippen MR) is 61.8 cm³/mol. The smallest absolute Gasteiger partial charge is 0.239 e. The Morgan fingerprint density at radius 3 is 2.94 bits per heavy atom. The van der Waals surface area contributed by atoms with Gasteiger partial charge >= 0.3 is 0 Å². The second-order valence-electron chi connectivity index (χ2n) is 4.43. The van der Waals surface area contributed by atoms with Crippen molar-refractivity contribution >= 4 is 5.91 Å². The molecule has 0 aromatic carbocycles. The molecule has 1 fully saturated rings. The lowest BCUT2D eigenvalue weighted by molar-refractivity contribution is -0.128. The highest BCUT2D eigenvalue weighted by atomic mass is 19.1. The van der Waals surface area contributed by atoms with E-state index >= 15 is 0 Å². The van der Waals surface area contributed by atoms with Crippen molar-refractivity contribution in [2.75, 3.05) is 13.6 Å². The van der Waals surface area contributed by atoms with E-state index in [2.05, 4.69) is 10.3 Å². The largest absolute Gasteiger partial charge is 0.344 e. The highest BCUT2D eigenvalue weighted by molar-refractivity contribution is 5.83. The molecule has 0 aliphatic carbocycles. The van der Waals surface area contributed by atoms with Crippen LogP contribution >= 0.6 is 0 Å². The molecule has 1 saturated heterocycles. The number of carbonyl (C=O) groups excluding carboxylic acids is 1. The van der Waals surface area contributed by atoms with E-state index in [0.29, 0.717) is 0 Å². The fourth-order valence-electron chi connectivity index (χ4n) is 2.04. The average molecular weight is 237 g/mol. The molecule has 1 aliphatic rings. The maximum Gasteiger partial charge on any atom is 0.239 e. The van der Waals surface area contributed by atoms with Crippen LogP contribution in [0, 0.1) is 5.82 Å². The first-order valence-electron chi connectivity index (χ1n) is 5.69. The quantitative estimate of drug-likeness (QED) is 0.856. The zero-order valence-electron chi connectivity index (χ0n) is 9.98. The molecule has 2 heterocycles. The molecule has 0 saturated carbocycles. The van der Waals surface area contributed by atoms with Crippen LogP contribution in [-0.4, -0.2) is 35.4 Å². The van der Waals surface area contributed by atoms with Crippen LogP contribution in [0.15, 0.2) is 18.5 Å². The number of likely N-dealkylation sites (N-methyl/N-ethyl adjacent to an activating group) is 1. The van der Waals surface area contributed by atoms with Gasteiger partial charge in [0.25, 0.3) is 0 Å². The number of hydrogen-bond donors (Lipinski definition) is 1. The third-order valence-corrected chi connectivity index (χ3v) is 3.10. The van der Waals surface area contributed by atoms with Crippen LogP contribution in [-0.2, 0) is 4.79 Å². The SMILES string of the molecule is CC(NC1CCN(C)C1=O)c1cncc(F)c1. The summed E-state index contributed by atoms with van der Waals surface area (Å²) in [4.78, 5) is 17.2. The number of pyridine rings is 1. The highest BCUT2D eigenvalue weighted by Crippen LogP contribution is 2.16. The summed E-state index contributed by atoms with van der Waals surface area (Å²) in [6.45, 7) is 2.67. The molecule has 2 atom stereocenters. The standard InChI is InChI=1S/C12H16FN3O/c1-8(9-5-10(13)7-14-6-9)15-11-3-4-16(2)12(11)17/h5-8,11,15H,3-4H2,1-2H3. The fourth-order valence-corrected chi connectivity index (χ4v) is 2.04. The lowest BCUT2D eigenvalue weighted by atomic mass is 10.1. The first-order chi connectivity index (χ1) is 8.08. The van der Waals surface area contributed by atoms with Crippen LogP contribution in [0.4, 0.5) is 4.39 Å². The predicted octanol–water partition coefficient (Wildman–Crippen LogP) is 1.10. The van der Waals surface area contributed by atoms with Crippen molar-refractivity contribution in [1.29, 1.82) is 0 Å². The maximum atomic E-state index is 13.0. The van der Waals surface area contributed by atoms with Gasteiger partial charge in [-0.05, 0) is 25.0 Å². The van der Waals surface area contributed by atoms with Gasteiger partial charge in [0.05, 0.1) is 12.2 Å². The Bertz CT molecular complexity index is 424. The lowest BCUT2D eigenvalue weighted by Gasteiger charge is -2.18. The van der Waals surface area contributed by atoms with Gasteiger partial charge in [-0.2, -0.15) is 0 Å². The summed E-state index contributed by atoms with van der Waals surface area (Å²) in [7, 11) is 1.79. The number of carbonyl (C=O) groups is 1. The Hall–Kier alpha value is -1.49. The molecule has 0 bridgehead atoms. The molecular formula is C12H16FN3O. The van der Waals surface area contributed by atoms with Gasteiger partial charge in [-0.3, -0.25) is 15.1 Å². The molecule has 2 unspecified atom stereocenters. The molecule has 0 spiro atoms. The molecule has 4 nitrogen and oxygen atoms in total. The van der Waals surface area contributed by atoms with Gasteiger partial charge in [0, 0.05) is 25.8 Å². The highest BCUT2D eigenvalue weighted by Gasteiger charge is 2.29. The van der Waals surface area contributed by atoms with Crippen molar-refractivity contribution in [3.8, 4) is 0 Å². The molecule has 5 heteroatoms. The van der Waals surface area contributed by atoms with E-state index in [1.807, 2.05) is 6.92 Å². The Kier molecular flexibility index (Phi) is 3.38. The van der Waals surface area contributed by atoms with Gasteiger partial charge in [-0.25, -0.2) is 4.39 Å². The van der Waals surface area contributed by atoms with Crippen LogP contribution in [0.2, 0.25) is 0 Å². The molecule has 17 heavy (non-hydrogen) atoms. The monoisotopic (exact) mass is 237 g/mol.